The number of methoxy groups -OCH3 is 1. The first-order valence-corrected chi connectivity index (χ1v) is 8.21. The molecular weight excluding hydrogens is 302 g/mol. The third-order valence-electron chi connectivity index (χ3n) is 3.92. The van der Waals surface area contributed by atoms with Gasteiger partial charge in [-0.05, 0) is 37.1 Å². The summed E-state index contributed by atoms with van der Waals surface area (Å²) < 4.78 is 10.5. The van der Waals surface area contributed by atoms with Gasteiger partial charge in [0.2, 0.25) is 0 Å². The molecule has 0 aromatic heterocycles. The van der Waals surface area contributed by atoms with Crippen molar-refractivity contribution in [3.8, 4) is 5.75 Å². The lowest BCUT2D eigenvalue weighted by molar-refractivity contribution is -0.149. The standard InChI is InChI=1S/C20H25NO3/c1-4-24-20(22)16(2)21(14-17-9-6-5-7-10-17)15-18-11-8-12-19(13-18)23-3/h5-13,16H,4,14-15H2,1-3H3. The number of carbonyl (C=O) groups excluding carboxylic acids is 1. The molecule has 0 fully saturated rings. The molecule has 0 radical (unpaired) electrons. The number of nitrogens with zero attached hydrogens (tertiary/aromatic N) is 1. The lowest BCUT2D eigenvalue weighted by Crippen LogP contribution is -2.39. The molecule has 1 atom stereocenters. The van der Waals surface area contributed by atoms with Crippen LogP contribution in [0.1, 0.15) is 25.0 Å². The molecule has 0 aliphatic rings. The Morgan fingerprint density at radius 3 is 2.38 bits per heavy atom. The quantitative estimate of drug-likeness (QED) is 0.694. The second kappa shape index (κ2) is 9.08. The van der Waals surface area contributed by atoms with Gasteiger partial charge in [-0.15, -0.1) is 0 Å². The van der Waals surface area contributed by atoms with Crippen LogP contribution in [-0.4, -0.2) is 30.6 Å². The van der Waals surface area contributed by atoms with E-state index in [0.717, 1.165) is 16.9 Å². The monoisotopic (exact) mass is 327 g/mol. The molecule has 4 nitrogen and oxygen atoms in total. The fourth-order valence-corrected chi connectivity index (χ4v) is 2.56. The highest BCUT2D eigenvalue weighted by Crippen LogP contribution is 2.18. The van der Waals surface area contributed by atoms with E-state index in [2.05, 4.69) is 17.0 Å². The van der Waals surface area contributed by atoms with Crippen molar-refractivity contribution in [3.05, 3.63) is 65.7 Å². The van der Waals surface area contributed by atoms with Gasteiger partial charge in [0, 0.05) is 13.1 Å². The molecule has 4 heteroatoms. The zero-order valence-electron chi connectivity index (χ0n) is 14.6. The molecule has 24 heavy (non-hydrogen) atoms. The highest BCUT2D eigenvalue weighted by atomic mass is 16.5. The number of benzene rings is 2. The Kier molecular flexibility index (Phi) is 6.82. The van der Waals surface area contributed by atoms with Gasteiger partial charge >= 0.3 is 5.97 Å². The molecule has 0 saturated heterocycles. The van der Waals surface area contributed by atoms with Gasteiger partial charge in [0.1, 0.15) is 11.8 Å². The summed E-state index contributed by atoms with van der Waals surface area (Å²) in [5.74, 6) is 0.618. The Labute approximate surface area is 144 Å². The molecule has 2 aromatic rings. The smallest absolute Gasteiger partial charge is 0.323 e. The predicted molar refractivity (Wildman–Crippen MR) is 94.8 cm³/mol. The van der Waals surface area contributed by atoms with Crippen LogP contribution in [0, 0.1) is 0 Å². The van der Waals surface area contributed by atoms with Gasteiger partial charge in [-0.3, -0.25) is 9.69 Å². The highest BCUT2D eigenvalue weighted by Gasteiger charge is 2.23. The summed E-state index contributed by atoms with van der Waals surface area (Å²) in [5.41, 5.74) is 2.26. The minimum absolute atomic E-state index is 0.198. The average molecular weight is 327 g/mol. The van der Waals surface area contributed by atoms with Gasteiger partial charge in [-0.1, -0.05) is 42.5 Å². The molecule has 0 amide bonds. The Morgan fingerprint density at radius 2 is 1.71 bits per heavy atom. The lowest BCUT2D eigenvalue weighted by Gasteiger charge is -2.28. The molecule has 0 aliphatic carbocycles. The minimum Gasteiger partial charge on any atom is -0.497 e. The third-order valence-corrected chi connectivity index (χ3v) is 3.92. The van der Waals surface area contributed by atoms with Crippen LogP contribution in [0.5, 0.6) is 5.75 Å². The molecule has 0 bridgehead atoms. The zero-order valence-corrected chi connectivity index (χ0v) is 14.6. The Hall–Kier alpha value is -2.33. The topological polar surface area (TPSA) is 38.8 Å². The lowest BCUT2D eigenvalue weighted by atomic mass is 10.1. The van der Waals surface area contributed by atoms with Gasteiger partial charge in [0.15, 0.2) is 0 Å². The first kappa shape index (κ1) is 18.0. The SMILES string of the molecule is CCOC(=O)C(C)N(Cc1ccccc1)Cc1cccc(OC)c1. The van der Waals surface area contributed by atoms with Crippen LogP contribution < -0.4 is 4.74 Å². The molecular formula is C20H25NO3. The normalized spacial score (nSPS) is 12.0. The molecule has 128 valence electrons. The van der Waals surface area contributed by atoms with Crippen molar-refractivity contribution in [2.24, 2.45) is 0 Å². The predicted octanol–water partition coefficient (Wildman–Crippen LogP) is 3.65. The molecule has 0 aliphatic heterocycles. The van der Waals surface area contributed by atoms with E-state index in [0.29, 0.717) is 19.7 Å². The second-order valence-corrected chi connectivity index (χ2v) is 5.67. The van der Waals surface area contributed by atoms with E-state index < -0.39 is 0 Å². The summed E-state index contributed by atoms with van der Waals surface area (Å²) in [7, 11) is 1.65. The number of esters is 1. The summed E-state index contributed by atoms with van der Waals surface area (Å²) in [6.07, 6.45) is 0. The molecule has 2 aromatic carbocycles. The zero-order chi connectivity index (χ0) is 17.4. The van der Waals surface area contributed by atoms with Crippen LogP contribution in [0.4, 0.5) is 0 Å². The van der Waals surface area contributed by atoms with Gasteiger partial charge in [-0.25, -0.2) is 0 Å². The van der Waals surface area contributed by atoms with E-state index in [1.807, 2.05) is 56.3 Å². The van der Waals surface area contributed by atoms with E-state index in [9.17, 15) is 4.79 Å². The van der Waals surface area contributed by atoms with Crippen molar-refractivity contribution in [1.29, 1.82) is 0 Å². The van der Waals surface area contributed by atoms with Crippen LogP contribution in [-0.2, 0) is 22.6 Å². The molecule has 2 rings (SSSR count). The van der Waals surface area contributed by atoms with Crippen LogP contribution in [0.15, 0.2) is 54.6 Å². The Morgan fingerprint density at radius 1 is 1.04 bits per heavy atom. The third kappa shape index (κ3) is 5.10. The van der Waals surface area contributed by atoms with E-state index >= 15 is 0 Å². The maximum atomic E-state index is 12.2. The van der Waals surface area contributed by atoms with Crippen molar-refractivity contribution in [2.45, 2.75) is 33.0 Å². The fourth-order valence-electron chi connectivity index (χ4n) is 2.56. The maximum absolute atomic E-state index is 12.2. The van der Waals surface area contributed by atoms with Crippen LogP contribution in [0.3, 0.4) is 0 Å². The van der Waals surface area contributed by atoms with E-state index in [-0.39, 0.29) is 12.0 Å². The van der Waals surface area contributed by atoms with Gasteiger partial charge in [0.25, 0.3) is 0 Å². The average Bonchev–Trinajstić information content (AvgIpc) is 2.62. The molecule has 0 saturated carbocycles. The number of rotatable bonds is 8. The maximum Gasteiger partial charge on any atom is 0.323 e. The summed E-state index contributed by atoms with van der Waals surface area (Å²) in [5, 5.41) is 0. The summed E-state index contributed by atoms with van der Waals surface area (Å²) >= 11 is 0. The summed E-state index contributed by atoms with van der Waals surface area (Å²) in [6.45, 7) is 5.43. The highest BCUT2D eigenvalue weighted by molar-refractivity contribution is 5.75. The summed E-state index contributed by atoms with van der Waals surface area (Å²) in [6, 6.07) is 17.7. The van der Waals surface area contributed by atoms with Crippen LogP contribution in [0.2, 0.25) is 0 Å². The van der Waals surface area contributed by atoms with E-state index in [1.165, 1.54) is 0 Å². The van der Waals surface area contributed by atoms with Gasteiger partial charge < -0.3 is 9.47 Å². The first-order chi connectivity index (χ1) is 11.6. The second-order valence-electron chi connectivity index (χ2n) is 5.67. The van der Waals surface area contributed by atoms with Crippen LogP contribution in [0.25, 0.3) is 0 Å². The fraction of sp³-hybridized carbons (Fsp3) is 0.350. The number of carbonyl (C=O) groups is 1. The van der Waals surface area contributed by atoms with Crippen molar-refractivity contribution < 1.29 is 14.3 Å². The van der Waals surface area contributed by atoms with Crippen molar-refractivity contribution in [1.82, 2.24) is 4.90 Å². The largest absolute Gasteiger partial charge is 0.497 e. The molecule has 1 unspecified atom stereocenters. The molecule has 0 heterocycles. The van der Waals surface area contributed by atoms with Crippen molar-refractivity contribution in [3.63, 3.8) is 0 Å². The van der Waals surface area contributed by atoms with E-state index in [1.54, 1.807) is 7.11 Å². The number of ether oxygens (including phenoxy) is 2. The number of hydrogen-bond donors (Lipinski definition) is 0. The Balaban J connectivity index is 2.19. The van der Waals surface area contributed by atoms with Gasteiger partial charge in [-0.2, -0.15) is 0 Å². The first-order valence-electron chi connectivity index (χ1n) is 8.21. The van der Waals surface area contributed by atoms with Crippen molar-refractivity contribution in [2.75, 3.05) is 13.7 Å². The van der Waals surface area contributed by atoms with Crippen molar-refractivity contribution >= 4 is 5.97 Å². The summed E-state index contributed by atoms with van der Waals surface area (Å²) in [4.78, 5) is 14.3. The molecule has 0 N–H and O–H groups in total. The molecule has 0 spiro atoms. The van der Waals surface area contributed by atoms with Crippen LogP contribution >= 0.6 is 0 Å². The Bertz CT molecular complexity index is 642. The minimum atomic E-state index is -0.323. The van der Waals surface area contributed by atoms with Gasteiger partial charge in [0.05, 0.1) is 13.7 Å². The van der Waals surface area contributed by atoms with E-state index in [4.69, 9.17) is 9.47 Å². The number of hydrogen-bond acceptors (Lipinski definition) is 4.